The number of hydrogen-bond donors (Lipinski definition) is 1. The summed E-state index contributed by atoms with van der Waals surface area (Å²) in [5.41, 5.74) is 1.45. The molecule has 1 unspecified atom stereocenters. The van der Waals surface area contributed by atoms with Crippen LogP contribution in [0.4, 0.5) is 11.4 Å². The molecule has 2 aromatic carbocycles. The first-order valence-corrected chi connectivity index (χ1v) is 8.46. The summed E-state index contributed by atoms with van der Waals surface area (Å²) in [4.78, 5) is 38.0. The predicted octanol–water partition coefficient (Wildman–Crippen LogP) is 2.65. The Morgan fingerprint density at radius 2 is 1.89 bits per heavy atom. The highest BCUT2D eigenvalue weighted by Gasteiger charge is 2.33. The summed E-state index contributed by atoms with van der Waals surface area (Å²) in [6.45, 7) is 2.88. The number of Topliss-reactive ketones (excluding diaryl/α,β-unsaturated/α-hetero) is 1. The van der Waals surface area contributed by atoms with Gasteiger partial charge in [0.1, 0.15) is 18.0 Å². The molecule has 140 valence electrons. The lowest BCUT2D eigenvalue weighted by atomic mass is 10.1. The number of benzene rings is 2. The molecule has 0 spiro atoms. The highest BCUT2D eigenvalue weighted by Crippen LogP contribution is 2.35. The van der Waals surface area contributed by atoms with E-state index in [9.17, 15) is 14.4 Å². The molecule has 0 aromatic heterocycles. The van der Waals surface area contributed by atoms with Crippen LogP contribution in [0.2, 0.25) is 0 Å². The molecule has 7 heteroatoms. The Morgan fingerprint density at radius 1 is 1.19 bits per heavy atom. The second kappa shape index (κ2) is 7.49. The fourth-order valence-corrected chi connectivity index (χ4v) is 2.81. The quantitative estimate of drug-likeness (QED) is 0.820. The number of ketones is 1. The Balaban J connectivity index is 1.82. The van der Waals surface area contributed by atoms with E-state index in [1.807, 2.05) is 0 Å². The molecule has 0 saturated heterocycles. The molecule has 0 aliphatic carbocycles. The number of amides is 2. The molecule has 7 nitrogen and oxygen atoms in total. The number of ether oxygens (including phenoxy) is 2. The van der Waals surface area contributed by atoms with Crippen molar-refractivity contribution < 1.29 is 23.9 Å². The summed E-state index contributed by atoms with van der Waals surface area (Å²) in [6.07, 6.45) is -0.713. The minimum absolute atomic E-state index is 0.133. The van der Waals surface area contributed by atoms with Gasteiger partial charge in [-0.15, -0.1) is 0 Å². The first kappa shape index (κ1) is 18.4. The molecule has 0 fully saturated rings. The van der Waals surface area contributed by atoms with E-state index in [4.69, 9.17) is 9.47 Å². The van der Waals surface area contributed by atoms with Gasteiger partial charge in [0.2, 0.25) is 5.91 Å². The van der Waals surface area contributed by atoms with Crippen LogP contribution in [0.5, 0.6) is 11.5 Å². The summed E-state index contributed by atoms with van der Waals surface area (Å²) in [7, 11) is 1.56. The van der Waals surface area contributed by atoms with E-state index < -0.39 is 6.10 Å². The molecule has 0 bridgehead atoms. The smallest absolute Gasteiger partial charge is 0.268 e. The highest BCUT2D eigenvalue weighted by molar-refractivity contribution is 6.07. The molecule has 2 aromatic rings. The van der Waals surface area contributed by atoms with E-state index in [1.54, 1.807) is 56.5 Å². The van der Waals surface area contributed by atoms with Gasteiger partial charge in [-0.05, 0) is 56.3 Å². The molecule has 1 heterocycles. The molecule has 2 amide bonds. The lowest BCUT2D eigenvalue weighted by molar-refractivity contribution is -0.127. The van der Waals surface area contributed by atoms with Crippen LogP contribution in [0.15, 0.2) is 42.5 Å². The molecule has 1 atom stereocenters. The Labute approximate surface area is 156 Å². The van der Waals surface area contributed by atoms with Gasteiger partial charge >= 0.3 is 0 Å². The van der Waals surface area contributed by atoms with Crippen LogP contribution in [0.1, 0.15) is 24.2 Å². The number of methoxy groups -OCH3 is 1. The van der Waals surface area contributed by atoms with Crippen LogP contribution in [-0.4, -0.2) is 37.4 Å². The SMILES string of the molecule is COc1ccc(NC(=O)CN2C(=O)C(C)Oc3ccc(C(C)=O)cc32)cc1. The van der Waals surface area contributed by atoms with Crippen molar-refractivity contribution in [2.75, 3.05) is 23.9 Å². The summed E-state index contributed by atoms with van der Waals surface area (Å²) in [5.74, 6) is 0.307. The minimum atomic E-state index is -0.713. The number of carbonyl (C=O) groups is 3. The summed E-state index contributed by atoms with van der Waals surface area (Å²) in [6, 6.07) is 11.7. The number of rotatable bonds is 5. The maximum atomic E-state index is 12.6. The fourth-order valence-electron chi connectivity index (χ4n) is 2.81. The molecule has 0 saturated carbocycles. The van der Waals surface area contributed by atoms with Crippen molar-refractivity contribution in [1.29, 1.82) is 0 Å². The van der Waals surface area contributed by atoms with Crippen molar-refractivity contribution in [2.24, 2.45) is 0 Å². The zero-order valence-corrected chi connectivity index (χ0v) is 15.3. The van der Waals surface area contributed by atoms with Crippen molar-refractivity contribution in [3.05, 3.63) is 48.0 Å². The molecular formula is C20H20N2O5. The van der Waals surface area contributed by atoms with Gasteiger partial charge in [0.25, 0.3) is 5.91 Å². The van der Waals surface area contributed by atoms with Gasteiger partial charge in [-0.25, -0.2) is 0 Å². The van der Waals surface area contributed by atoms with Crippen LogP contribution in [-0.2, 0) is 9.59 Å². The van der Waals surface area contributed by atoms with E-state index in [0.29, 0.717) is 28.4 Å². The van der Waals surface area contributed by atoms with Crippen molar-refractivity contribution >= 4 is 29.0 Å². The third kappa shape index (κ3) is 3.92. The van der Waals surface area contributed by atoms with Gasteiger partial charge in [-0.2, -0.15) is 0 Å². The topological polar surface area (TPSA) is 84.9 Å². The van der Waals surface area contributed by atoms with Gasteiger partial charge < -0.3 is 14.8 Å². The summed E-state index contributed by atoms with van der Waals surface area (Å²) in [5, 5.41) is 2.75. The molecule has 1 aliphatic rings. The van der Waals surface area contributed by atoms with Crippen molar-refractivity contribution in [3.63, 3.8) is 0 Å². The Hall–Kier alpha value is -3.35. The second-order valence-electron chi connectivity index (χ2n) is 6.20. The molecular weight excluding hydrogens is 348 g/mol. The number of nitrogens with one attached hydrogen (secondary N) is 1. The van der Waals surface area contributed by atoms with Gasteiger partial charge in [-0.1, -0.05) is 0 Å². The first-order chi connectivity index (χ1) is 12.9. The molecule has 1 N–H and O–H groups in total. The first-order valence-electron chi connectivity index (χ1n) is 8.46. The van der Waals surface area contributed by atoms with Crippen LogP contribution in [0.25, 0.3) is 0 Å². The Morgan fingerprint density at radius 3 is 2.52 bits per heavy atom. The number of anilines is 2. The third-order valence-electron chi connectivity index (χ3n) is 4.25. The summed E-state index contributed by atoms with van der Waals surface area (Å²) >= 11 is 0. The largest absolute Gasteiger partial charge is 0.497 e. The van der Waals surface area contributed by atoms with Gasteiger partial charge in [0, 0.05) is 11.3 Å². The fraction of sp³-hybridized carbons (Fsp3) is 0.250. The van der Waals surface area contributed by atoms with Crippen LogP contribution < -0.4 is 19.7 Å². The highest BCUT2D eigenvalue weighted by atomic mass is 16.5. The minimum Gasteiger partial charge on any atom is -0.497 e. The van der Waals surface area contributed by atoms with E-state index in [1.165, 1.54) is 11.8 Å². The Kier molecular flexibility index (Phi) is 5.12. The normalized spacial score (nSPS) is 15.6. The standard InChI is InChI=1S/C20H20N2O5/c1-12(23)14-4-9-18-17(10-14)22(20(25)13(2)27-18)11-19(24)21-15-5-7-16(26-3)8-6-15/h4-10,13H,11H2,1-3H3,(H,21,24). The van der Waals surface area contributed by atoms with Crippen LogP contribution in [0.3, 0.4) is 0 Å². The zero-order chi connectivity index (χ0) is 19.6. The van der Waals surface area contributed by atoms with E-state index in [2.05, 4.69) is 5.32 Å². The lowest BCUT2D eigenvalue weighted by Gasteiger charge is -2.32. The maximum Gasteiger partial charge on any atom is 0.268 e. The maximum absolute atomic E-state index is 12.6. The third-order valence-corrected chi connectivity index (χ3v) is 4.25. The van der Waals surface area contributed by atoms with E-state index in [-0.39, 0.29) is 24.1 Å². The molecule has 27 heavy (non-hydrogen) atoms. The monoisotopic (exact) mass is 368 g/mol. The number of nitrogens with zero attached hydrogens (tertiary/aromatic N) is 1. The van der Waals surface area contributed by atoms with Crippen LogP contribution in [0, 0.1) is 0 Å². The van der Waals surface area contributed by atoms with Gasteiger partial charge in [-0.3, -0.25) is 19.3 Å². The number of hydrogen-bond acceptors (Lipinski definition) is 5. The van der Waals surface area contributed by atoms with Crippen molar-refractivity contribution in [1.82, 2.24) is 0 Å². The van der Waals surface area contributed by atoms with Crippen molar-refractivity contribution in [3.8, 4) is 11.5 Å². The van der Waals surface area contributed by atoms with Crippen molar-refractivity contribution in [2.45, 2.75) is 20.0 Å². The molecule has 1 aliphatic heterocycles. The lowest BCUT2D eigenvalue weighted by Crippen LogP contribution is -2.47. The van der Waals surface area contributed by atoms with Crippen LogP contribution >= 0.6 is 0 Å². The van der Waals surface area contributed by atoms with Gasteiger partial charge in [0.15, 0.2) is 11.9 Å². The van der Waals surface area contributed by atoms with E-state index in [0.717, 1.165) is 0 Å². The van der Waals surface area contributed by atoms with Gasteiger partial charge in [0.05, 0.1) is 12.8 Å². The predicted molar refractivity (Wildman–Crippen MR) is 101 cm³/mol. The number of carbonyl (C=O) groups excluding carboxylic acids is 3. The van der Waals surface area contributed by atoms with E-state index >= 15 is 0 Å². The average molecular weight is 368 g/mol. The number of fused-ring (bicyclic) bond motifs is 1. The zero-order valence-electron chi connectivity index (χ0n) is 15.3. The second-order valence-corrected chi connectivity index (χ2v) is 6.20. The summed E-state index contributed by atoms with van der Waals surface area (Å²) < 4.78 is 10.7. The average Bonchev–Trinajstić information content (AvgIpc) is 2.65. The Bertz CT molecular complexity index is 892. The molecule has 3 rings (SSSR count). The molecule has 0 radical (unpaired) electrons.